The predicted octanol–water partition coefficient (Wildman–Crippen LogP) is 8.04. The standard InChI is InChI=1S/C28H38O/c1-22(14-17-27-25(4)11-8-19-28(27,5)6)9-7-10-23(2)18-20-29-21-26-15-12-24(3)13-16-26/h7,9-10,12-18H,8,11,19-21H2,1-6H3. The predicted molar refractivity (Wildman–Crippen MR) is 127 cm³/mol. The molecule has 2 rings (SSSR count). The Morgan fingerprint density at radius 1 is 1.03 bits per heavy atom. The highest BCUT2D eigenvalue weighted by atomic mass is 16.5. The van der Waals surface area contributed by atoms with Crippen molar-refractivity contribution in [3.63, 3.8) is 0 Å². The zero-order chi connectivity index (χ0) is 21.3. The van der Waals surface area contributed by atoms with E-state index in [4.69, 9.17) is 4.74 Å². The Hall–Kier alpha value is -2.12. The zero-order valence-corrected chi connectivity index (χ0v) is 19.2. The fraction of sp³-hybridized carbons (Fsp3) is 0.429. The Morgan fingerprint density at radius 3 is 2.45 bits per heavy atom. The number of aryl methyl sites for hydroxylation is 1. The van der Waals surface area contributed by atoms with E-state index in [0.717, 1.165) is 0 Å². The van der Waals surface area contributed by atoms with Crippen molar-refractivity contribution in [1.29, 1.82) is 0 Å². The van der Waals surface area contributed by atoms with Crippen LogP contribution in [0.1, 0.15) is 65.0 Å². The van der Waals surface area contributed by atoms with E-state index in [0.29, 0.717) is 18.6 Å². The number of allylic oxidation sites excluding steroid dienone is 9. The number of benzene rings is 1. The van der Waals surface area contributed by atoms with E-state index in [1.165, 1.54) is 47.1 Å². The summed E-state index contributed by atoms with van der Waals surface area (Å²) in [5.41, 5.74) is 8.34. The second kappa shape index (κ2) is 11.2. The van der Waals surface area contributed by atoms with Crippen molar-refractivity contribution in [3.8, 4) is 0 Å². The molecule has 1 aromatic rings. The lowest BCUT2D eigenvalue weighted by molar-refractivity contribution is 0.148. The molecule has 1 heteroatoms. The van der Waals surface area contributed by atoms with E-state index in [1.54, 1.807) is 5.57 Å². The summed E-state index contributed by atoms with van der Waals surface area (Å²) in [5.74, 6) is 0. The second-order valence-electron chi connectivity index (χ2n) is 8.98. The van der Waals surface area contributed by atoms with Crippen molar-refractivity contribution in [1.82, 2.24) is 0 Å². The van der Waals surface area contributed by atoms with Crippen LogP contribution in [0.15, 0.2) is 83.0 Å². The molecule has 0 unspecified atom stereocenters. The number of rotatable bonds is 8. The van der Waals surface area contributed by atoms with Gasteiger partial charge in [0.2, 0.25) is 0 Å². The molecular weight excluding hydrogens is 352 g/mol. The largest absolute Gasteiger partial charge is 0.373 e. The molecule has 1 aliphatic carbocycles. The first-order valence-electron chi connectivity index (χ1n) is 10.8. The topological polar surface area (TPSA) is 9.23 Å². The minimum absolute atomic E-state index is 0.298. The Kier molecular flexibility index (Phi) is 8.92. The van der Waals surface area contributed by atoms with Crippen molar-refractivity contribution in [2.45, 2.75) is 67.4 Å². The molecule has 0 spiro atoms. The third-order valence-corrected chi connectivity index (χ3v) is 5.69. The third-order valence-electron chi connectivity index (χ3n) is 5.69. The van der Waals surface area contributed by atoms with Gasteiger partial charge in [0.1, 0.15) is 0 Å². The van der Waals surface area contributed by atoms with Crippen LogP contribution in [-0.2, 0) is 11.3 Å². The van der Waals surface area contributed by atoms with Crippen LogP contribution in [0.25, 0.3) is 0 Å². The summed E-state index contributed by atoms with van der Waals surface area (Å²) in [6.07, 6.45) is 17.0. The minimum Gasteiger partial charge on any atom is -0.373 e. The smallest absolute Gasteiger partial charge is 0.0721 e. The highest BCUT2D eigenvalue weighted by molar-refractivity contribution is 5.37. The lowest BCUT2D eigenvalue weighted by Gasteiger charge is -2.32. The summed E-state index contributed by atoms with van der Waals surface area (Å²) in [7, 11) is 0. The molecule has 0 aliphatic heterocycles. The summed E-state index contributed by atoms with van der Waals surface area (Å²) >= 11 is 0. The fourth-order valence-electron chi connectivity index (χ4n) is 3.75. The quantitative estimate of drug-likeness (QED) is 0.322. The Balaban J connectivity index is 1.82. The number of ether oxygens (including phenoxy) is 1. The van der Waals surface area contributed by atoms with E-state index in [2.05, 4.69) is 102 Å². The summed E-state index contributed by atoms with van der Waals surface area (Å²) in [6.45, 7) is 14.7. The molecule has 0 aromatic heterocycles. The molecule has 1 aliphatic rings. The van der Waals surface area contributed by atoms with Gasteiger partial charge in [-0.3, -0.25) is 0 Å². The average molecular weight is 391 g/mol. The summed E-state index contributed by atoms with van der Waals surface area (Å²) < 4.78 is 5.75. The molecule has 0 radical (unpaired) electrons. The van der Waals surface area contributed by atoms with Gasteiger partial charge >= 0.3 is 0 Å². The second-order valence-corrected chi connectivity index (χ2v) is 8.98. The maximum atomic E-state index is 5.75. The molecule has 0 heterocycles. The lowest BCUT2D eigenvalue weighted by Crippen LogP contribution is -2.19. The maximum Gasteiger partial charge on any atom is 0.0721 e. The molecular formula is C28H38O. The van der Waals surface area contributed by atoms with Crippen molar-refractivity contribution in [3.05, 3.63) is 94.1 Å². The first kappa shape index (κ1) is 23.2. The molecule has 0 bridgehead atoms. The summed E-state index contributed by atoms with van der Waals surface area (Å²) in [4.78, 5) is 0. The van der Waals surface area contributed by atoms with Gasteiger partial charge in [-0.1, -0.05) is 96.9 Å². The van der Waals surface area contributed by atoms with Gasteiger partial charge in [-0.25, -0.2) is 0 Å². The van der Waals surface area contributed by atoms with Crippen LogP contribution in [0, 0.1) is 12.3 Å². The van der Waals surface area contributed by atoms with Gasteiger partial charge in [-0.05, 0) is 63.5 Å². The SMILES string of the molecule is CC(C=CC1=C(C)CCCC1(C)C)=CC=CC(C)=CCOCc1ccc(C)cc1. The summed E-state index contributed by atoms with van der Waals surface area (Å²) in [5, 5.41) is 0. The van der Waals surface area contributed by atoms with Crippen LogP contribution in [0.4, 0.5) is 0 Å². The highest BCUT2D eigenvalue weighted by Crippen LogP contribution is 2.40. The van der Waals surface area contributed by atoms with Crippen LogP contribution >= 0.6 is 0 Å². The molecule has 0 N–H and O–H groups in total. The molecule has 0 atom stereocenters. The van der Waals surface area contributed by atoms with E-state index in [-0.39, 0.29) is 0 Å². The first-order chi connectivity index (χ1) is 13.8. The molecule has 156 valence electrons. The van der Waals surface area contributed by atoms with Crippen LogP contribution in [0.3, 0.4) is 0 Å². The summed E-state index contributed by atoms with van der Waals surface area (Å²) in [6, 6.07) is 8.50. The van der Waals surface area contributed by atoms with Gasteiger partial charge < -0.3 is 4.74 Å². The van der Waals surface area contributed by atoms with Crippen LogP contribution in [-0.4, -0.2) is 6.61 Å². The van der Waals surface area contributed by atoms with E-state index < -0.39 is 0 Å². The third kappa shape index (κ3) is 8.03. The maximum absolute atomic E-state index is 5.75. The van der Waals surface area contributed by atoms with Crippen molar-refractivity contribution >= 4 is 0 Å². The normalized spacial score (nSPS) is 18.3. The molecule has 0 amide bonds. The number of hydrogen-bond donors (Lipinski definition) is 0. The highest BCUT2D eigenvalue weighted by Gasteiger charge is 2.26. The molecule has 0 saturated heterocycles. The van der Waals surface area contributed by atoms with Gasteiger partial charge in [-0.2, -0.15) is 0 Å². The van der Waals surface area contributed by atoms with Gasteiger partial charge in [0.05, 0.1) is 13.2 Å². The Morgan fingerprint density at radius 2 is 1.76 bits per heavy atom. The lowest BCUT2D eigenvalue weighted by atomic mass is 9.72. The fourth-order valence-corrected chi connectivity index (χ4v) is 3.75. The monoisotopic (exact) mass is 390 g/mol. The Bertz CT molecular complexity index is 810. The Labute approximate surface area is 178 Å². The molecule has 0 saturated carbocycles. The average Bonchev–Trinajstić information content (AvgIpc) is 2.66. The van der Waals surface area contributed by atoms with Gasteiger partial charge in [-0.15, -0.1) is 0 Å². The molecule has 1 aromatic carbocycles. The van der Waals surface area contributed by atoms with E-state index in [1.807, 2.05) is 0 Å². The van der Waals surface area contributed by atoms with Crippen LogP contribution in [0.2, 0.25) is 0 Å². The zero-order valence-electron chi connectivity index (χ0n) is 19.2. The van der Waals surface area contributed by atoms with Crippen LogP contribution < -0.4 is 0 Å². The van der Waals surface area contributed by atoms with Gasteiger partial charge in [0.15, 0.2) is 0 Å². The minimum atomic E-state index is 0.298. The number of hydrogen-bond acceptors (Lipinski definition) is 1. The van der Waals surface area contributed by atoms with Crippen molar-refractivity contribution in [2.75, 3.05) is 6.61 Å². The molecule has 1 nitrogen and oxygen atoms in total. The van der Waals surface area contributed by atoms with Crippen molar-refractivity contribution < 1.29 is 4.74 Å². The van der Waals surface area contributed by atoms with Crippen LogP contribution in [0.5, 0.6) is 0 Å². The molecule has 0 fully saturated rings. The van der Waals surface area contributed by atoms with Gasteiger partial charge in [0, 0.05) is 0 Å². The molecule has 29 heavy (non-hydrogen) atoms. The van der Waals surface area contributed by atoms with E-state index in [9.17, 15) is 0 Å². The van der Waals surface area contributed by atoms with Crippen molar-refractivity contribution in [2.24, 2.45) is 5.41 Å². The van der Waals surface area contributed by atoms with E-state index >= 15 is 0 Å². The first-order valence-corrected chi connectivity index (χ1v) is 10.8. The van der Waals surface area contributed by atoms with Gasteiger partial charge in [0.25, 0.3) is 0 Å².